The lowest BCUT2D eigenvalue weighted by molar-refractivity contribution is 0.0476. The van der Waals surface area contributed by atoms with Gasteiger partial charge in [0.25, 0.3) is 0 Å². The number of benzene rings is 1. The van der Waals surface area contributed by atoms with Gasteiger partial charge in [0.05, 0.1) is 14.8 Å². The maximum Gasteiger partial charge on any atom is 0.338 e. The van der Waals surface area contributed by atoms with E-state index in [2.05, 4.69) is 5.32 Å². The number of hydrogen-bond acceptors (Lipinski definition) is 5. The molecule has 1 aliphatic heterocycles. The van der Waals surface area contributed by atoms with E-state index in [-0.39, 0.29) is 24.0 Å². The Balaban J connectivity index is 1.65. The molecule has 0 radical (unpaired) electrons. The van der Waals surface area contributed by atoms with Crippen molar-refractivity contribution < 1.29 is 19.1 Å². The smallest absolute Gasteiger partial charge is 0.338 e. The molecule has 1 aromatic heterocycles. The van der Waals surface area contributed by atoms with Crippen LogP contribution >= 0.6 is 22.9 Å². The fourth-order valence-electron chi connectivity index (χ4n) is 2.27. The molecule has 0 bridgehead atoms. The molecule has 6 nitrogen and oxygen atoms in total. The summed E-state index contributed by atoms with van der Waals surface area (Å²) in [5, 5.41) is 2.69. The molecule has 24 heavy (non-hydrogen) atoms. The number of nitrogens with zero attached hydrogens (tertiary/aromatic N) is 1. The highest BCUT2D eigenvalue weighted by Crippen LogP contribution is 2.22. The molecule has 0 unspecified atom stereocenters. The van der Waals surface area contributed by atoms with Crippen LogP contribution in [0.2, 0.25) is 4.34 Å². The topological polar surface area (TPSA) is 75.7 Å². The zero-order valence-electron chi connectivity index (χ0n) is 12.5. The van der Waals surface area contributed by atoms with E-state index in [1.807, 2.05) is 0 Å². The van der Waals surface area contributed by atoms with Crippen molar-refractivity contribution in [2.75, 3.05) is 24.6 Å². The molecule has 0 atom stereocenters. The Morgan fingerprint density at radius 3 is 2.79 bits per heavy atom. The molecule has 2 aromatic rings. The molecule has 0 aliphatic carbocycles. The lowest BCUT2D eigenvalue weighted by Crippen LogP contribution is -2.27. The molecule has 3 rings (SSSR count). The largest absolute Gasteiger partial charge is 0.454 e. The second-order valence-electron chi connectivity index (χ2n) is 5.04. The van der Waals surface area contributed by atoms with Crippen LogP contribution in [-0.4, -0.2) is 37.5 Å². The molecule has 124 valence electrons. The van der Waals surface area contributed by atoms with E-state index in [9.17, 15) is 14.4 Å². The number of ketones is 1. The fraction of sp³-hybridized carbons (Fsp3) is 0.188. The van der Waals surface area contributed by atoms with Gasteiger partial charge in [0.1, 0.15) is 0 Å². The van der Waals surface area contributed by atoms with Crippen molar-refractivity contribution >= 4 is 46.4 Å². The summed E-state index contributed by atoms with van der Waals surface area (Å²) in [6, 6.07) is 9.55. The lowest BCUT2D eigenvalue weighted by atomic mass is 10.2. The number of thiophene rings is 1. The Morgan fingerprint density at radius 1 is 1.29 bits per heavy atom. The number of esters is 1. The number of rotatable bonds is 5. The third-order valence-electron chi connectivity index (χ3n) is 3.43. The van der Waals surface area contributed by atoms with Crippen molar-refractivity contribution in [3.8, 4) is 0 Å². The third kappa shape index (κ3) is 3.58. The summed E-state index contributed by atoms with van der Waals surface area (Å²) in [6.45, 7) is 0.741. The molecule has 2 amide bonds. The second kappa shape index (κ2) is 7.02. The highest BCUT2D eigenvalue weighted by molar-refractivity contribution is 7.18. The van der Waals surface area contributed by atoms with Crippen LogP contribution in [0, 0.1) is 0 Å². The predicted molar refractivity (Wildman–Crippen MR) is 91.1 cm³/mol. The molecule has 0 spiro atoms. The molecule has 1 fully saturated rings. The van der Waals surface area contributed by atoms with Crippen molar-refractivity contribution in [2.45, 2.75) is 0 Å². The first-order valence-electron chi connectivity index (χ1n) is 7.16. The maximum atomic E-state index is 12.1. The number of carbonyl (C=O) groups excluding carboxylic acids is 3. The molecule has 2 heterocycles. The summed E-state index contributed by atoms with van der Waals surface area (Å²) >= 11 is 6.91. The highest BCUT2D eigenvalue weighted by atomic mass is 35.5. The summed E-state index contributed by atoms with van der Waals surface area (Å²) in [7, 11) is 0. The summed E-state index contributed by atoms with van der Waals surface area (Å²) in [5.41, 5.74) is 0.889. The normalized spacial score (nSPS) is 13.7. The van der Waals surface area contributed by atoms with Gasteiger partial charge in [-0.1, -0.05) is 17.7 Å². The molecule has 0 saturated carbocycles. The van der Waals surface area contributed by atoms with E-state index < -0.39 is 5.97 Å². The van der Waals surface area contributed by atoms with Crippen molar-refractivity contribution in [3.63, 3.8) is 0 Å². The Kier molecular flexibility index (Phi) is 4.82. The number of amides is 2. The molecular formula is C16H13ClN2O4S. The van der Waals surface area contributed by atoms with Crippen LogP contribution in [0.3, 0.4) is 0 Å². The number of Topliss-reactive ketones (excluding diaryl/α,β-unsaturated/α-hetero) is 1. The molecular weight excluding hydrogens is 352 g/mol. The minimum Gasteiger partial charge on any atom is -0.454 e. The van der Waals surface area contributed by atoms with Crippen molar-refractivity contribution in [1.82, 2.24) is 5.32 Å². The SMILES string of the molecule is O=C(OCC(=O)c1ccc(Cl)s1)c1cccc(N2CCNC2=O)c1. The summed E-state index contributed by atoms with van der Waals surface area (Å²) in [4.78, 5) is 37.7. The average molecular weight is 365 g/mol. The maximum absolute atomic E-state index is 12.1. The molecule has 8 heteroatoms. The van der Waals surface area contributed by atoms with E-state index in [0.29, 0.717) is 28.0 Å². The zero-order chi connectivity index (χ0) is 17.1. The molecule has 1 aliphatic rings. The van der Waals surface area contributed by atoms with E-state index in [4.69, 9.17) is 16.3 Å². The average Bonchev–Trinajstić information content (AvgIpc) is 3.21. The first-order chi connectivity index (χ1) is 11.5. The molecule has 1 N–H and O–H groups in total. The van der Waals surface area contributed by atoms with Crippen molar-refractivity contribution in [2.24, 2.45) is 0 Å². The van der Waals surface area contributed by atoms with Crippen LogP contribution in [0.25, 0.3) is 0 Å². The van der Waals surface area contributed by atoms with Gasteiger partial charge in [-0.3, -0.25) is 9.69 Å². The summed E-state index contributed by atoms with van der Waals surface area (Å²) < 4.78 is 5.56. The first-order valence-corrected chi connectivity index (χ1v) is 8.35. The van der Waals surface area contributed by atoms with Crippen LogP contribution in [0.1, 0.15) is 20.0 Å². The number of nitrogens with one attached hydrogen (secondary N) is 1. The molecule has 1 aromatic carbocycles. The second-order valence-corrected chi connectivity index (χ2v) is 6.75. The number of anilines is 1. The Bertz CT molecular complexity index is 805. The van der Waals surface area contributed by atoms with Gasteiger partial charge in [-0.15, -0.1) is 11.3 Å². The Labute approximate surface area is 147 Å². The van der Waals surface area contributed by atoms with E-state index in [0.717, 1.165) is 11.3 Å². The fourth-order valence-corrected chi connectivity index (χ4v) is 3.24. The van der Waals surface area contributed by atoms with Crippen LogP contribution in [0.5, 0.6) is 0 Å². The number of urea groups is 1. The van der Waals surface area contributed by atoms with Gasteiger partial charge in [0.15, 0.2) is 6.61 Å². The minimum absolute atomic E-state index is 0.203. The van der Waals surface area contributed by atoms with Gasteiger partial charge < -0.3 is 10.1 Å². The third-order valence-corrected chi connectivity index (χ3v) is 4.70. The van der Waals surface area contributed by atoms with Gasteiger partial charge in [-0.2, -0.15) is 0 Å². The lowest BCUT2D eigenvalue weighted by Gasteiger charge is -2.14. The molecule has 1 saturated heterocycles. The van der Waals surface area contributed by atoms with Gasteiger partial charge in [0.2, 0.25) is 5.78 Å². The highest BCUT2D eigenvalue weighted by Gasteiger charge is 2.22. The predicted octanol–water partition coefficient (Wildman–Crippen LogP) is 2.97. The monoisotopic (exact) mass is 364 g/mol. The standard InChI is InChI=1S/C16H13ClN2O4S/c17-14-5-4-13(24-14)12(20)9-23-15(21)10-2-1-3-11(8-10)19-7-6-18-16(19)22/h1-5,8H,6-7,9H2,(H,18,22). The zero-order valence-corrected chi connectivity index (χ0v) is 14.0. The van der Waals surface area contributed by atoms with Crippen LogP contribution in [-0.2, 0) is 4.74 Å². The number of carbonyl (C=O) groups is 3. The van der Waals surface area contributed by atoms with Crippen LogP contribution in [0.15, 0.2) is 36.4 Å². The van der Waals surface area contributed by atoms with Crippen LogP contribution in [0.4, 0.5) is 10.5 Å². The first kappa shape index (κ1) is 16.5. The van der Waals surface area contributed by atoms with E-state index in [1.165, 1.54) is 4.90 Å². The van der Waals surface area contributed by atoms with Gasteiger partial charge in [0, 0.05) is 18.8 Å². The minimum atomic E-state index is -0.618. The number of hydrogen-bond donors (Lipinski definition) is 1. The van der Waals surface area contributed by atoms with Gasteiger partial charge >= 0.3 is 12.0 Å². The summed E-state index contributed by atoms with van der Waals surface area (Å²) in [5.74, 6) is -0.928. The van der Waals surface area contributed by atoms with Crippen LogP contribution < -0.4 is 10.2 Å². The van der Waals surface area contributed by atoms with Crippen molar-refractivity contribution in [3.05, 3.63) is 51.2 Å². The number of halogens is 1. The van der Waals surface area contributed by atoms with Crippen molar-refractivity contribution in [1.29, 1.82) is 0 Å². The van der Waals surface area contributed by atoms with Gasteiger partial charge in [-0.05, 0) is 30.3 Å². The summed E-state index contributed by atoms with van der Waals surface area (Å²) in [6.07, 6.45) is 0. The van der Waals surface area contributed by atoms with Gasteiger partial charge in [-0.25, -0.2) is 9.59 Å². The quantitative estimate of drug-likeness (QED) is 0.653. The Morgan fingerprint density at radius 2 is 2.12 bits per heavy atom. The van der Waals surface area contributed by atoms with E-state index in [1.54, 1.807) is 36.4 Å². The number of ether oxygens (including phenoxy) is 1. The Hall–Kier alpha value is -2.38. The van der Waals surface area contributed by atoms with E-state index >= 15 is 0 Å².